The monoisotopic (exact) mass is 529 g/mol. The van der Waals surface area contributed by atoms with E-state index in [-0.39, 0.29) is 6.61 Å². The topological polar surface area (TPSA) is 66.5 Å². The number of hydrogen-bond acceptors (Lipinski definition) is 6. The first-order valence-corrected chi connectivity index (χ1v) is 13.2. The fraction of sp³-hybridized carbons (Fsp3) is 0.344. The van der Waals surface area contributed by atoms with Gasteiger partial charge >= 0.3 is 6.09 Å². The number of carbonyl (C=O) groups excluding carboxylic acids is 1. The van der Waals surface area contributed by atoms with E-state index < -0.39 is 42.5 Å². The third-order valence-corrected chi connectivity index (χ3v) is 6.89. The van der Waals surface area contributed by atoms with Crippen molar-refractivity contribution in [2.24, 2.45) is 0 Å². The molecule has 2 heterocycles. The Morgan fingerprint density at radius 3 is 2.05 bits per heavy atom. The molecule has 2 aliphatic heterocycles. The molecule has 5 rings (SSSR count). The predicted octanol–water partition coefficient (Wildman–Crippen LogP) is 5.84. The minimum absolute atomic E-state index is 0.153. The summed E-state index contributed by atoms with van der Waals surface area (Å²) < 4.78 is 30.9. The third-order valence-electron chi connectivity index (χ3n) is 6.89. The van der Waals surface area contributed by atoms with Gasteiger partial charge in [-0.2, -0.15) is 0 Å². The number of ether oxygens (including phenoxy) is 5. The van der Waals surface area contributed by atoms with Gasteiger partial charge in [-0.15, -0.1) is 6.58 Å². The molecule has 3 aromatic rings. The first-order valence-electron chi connectivity index (χ1n) is 13.2. The van der Waals surface area contributed by atoms with Crippen LogP contribution >= 0.6 is 0 Å². The van der Waals surface area contributed by atoms with Gasteiger partial charge in [-0.05, 0) is 30.5 Å². The Labute approximate surface area is 229 Å². The minimum Gasteiger partial charge on any atom is -0.445 e. The molecular weight excluding hydrogens is 494 g/mol. The maximum Gasteiger partial charge on any atom is 0.410 e. The van der Waals surface area contributed by atoms with Crippen LogP contribution in [0.1, 0.15) is 30.5 Å². The average Bonchev–Trinajstić information content (AvgIpc) is 3.43. The lowest BCUT2D eigenvalue weighted by molar-refractivity contribution is -0.223. The largest absolute Gasteiger partial charge is 0.445 e. The Morgan fingerprint density at radius 1 is 0.897 bits per heavy atom. The minimum atomic E-state index is -0.809. The maximum absolute atomic E-state index is 13.6. The normalized spacial score (nSPS) is 24.1. The molecule has 7 heteroatoms. The van der Waals surface area contributed by atoms with Crippen LogP contribution in [0.3, 0.4) is 0 Å². The molecule has 204 valence electrons. The number of amides is 1. The first kappa shape index (κ1) is 27.1. The molecule has 0 unspecified atom stereocenters. The van der Waals surface area contributed by atoms with E-state index in [1.807, 2.05) is 105 Å². The highest BCUT2D eigenvalue weighted by atomic mass is 16.8. The van der Waals surface area contributed by atoms with Crippen molar-refractivity contribution in [2.75, 3.05) is 0 Å². The molecule has 7 nitrogen and oxygen atoms in total. The van der Waals surface area contributed by atoms with Crippen LogP contribution < -0.4 is 0 Å². The quantitative estimate of drug-likeness (QED) is 0.308. The molecule has 0 aliphatic carbocycles. The van der Waals surface area contributed by atoms with Gasteiger partial charge in [0.15, 0.2) is 12.1 Å². The number of nitrogens with zero attached hydrogens (tertiary/aromatic N) is 1. The van der Waals surface area contributed by atoms with E-state index in [0.717, 1.165) is 16.7 Å². The van der Waals surface area contributed by atoms with Crippen molar-refractivity contribution in [1.29, 1.82) is 0 Å². The van der Waals surface area contributed by atoms with E-state index in [2.05, 4.69) is 6.58 Å². The van der Waals surface area contributed by atoms with Crippen molar-refractivity contribution in [3.8, 4) is 0 Å². The lowest BCUT2D eigenvalue weighted by Gasteiger charge is -2.36. The Hall–Kier alpha value is -3.49. The summed E-state index contributed by atoms with van der Waals surface area (Å²) in [5.74, 6) is -0.809. The molecule has 0 radical (unpaired) electrons. The molecule has 0 spiro atoms. The third kappa shape index (κ3) is 6.57. The van der Waals surface area contributed by atoms with Gasteiger partial charge in [0, 0.05) is 6.54 Å². The summed E-state index contributed by atoms with van der Waals surface area (Å²) in [6, 6.07) is 28.7. The van der Waals surface area contributed by atoms with Crippen LogP contribution in [0.15, 0.2) is 104 Å². The molecule has 0 N–H and O–H groups in total. The number of rotatable bonds is 10. The standard InChI is InChI=1S/C32H35NO6/c1-4-26(33(20-23-14-8-5-9-15-23)31(34)36-22-25-18-12-7-13-19-25)27-28(35-21-24-16-10-6-11-17-24)29-30(37-27)39-32(2,3)38-29/h4-19,26-30H,1,20-22H2,2-3H3/t26-,27+,28-,29+,30+/m0/s1. The van der Waals surface area contributed by atoms with Gasteiger partial charge in [-0.25, -0.2) is 4.79 Å². The number of carbonyl (C=O) groups is 1. The van der Waals surface area contributed by atoms with E-state index in [0.29, 0.717) is 13.2 Å². The fourth-order valence-electron chi connectivity index (χ4n) is 5.05. The molecule has 3 aromatic carbocycles. The van der Waals surface area contributed by atoms with Gasteiger partial charge < -0.3 is 23.7 Å². The molecule has 5 atom stereocenters. The molecule has 0 saturated carbocycles. The summed E-state index contributed by atoms with van der Waals surface area (Å²) in [5, 5.41) is 0. The van der Waals surface area contributed by atoms with Crippen LogP contribution in [-0.2, 0) is 43.4 Å². The molecule has 2 aliphatic rings. The van der Waals surface area contributed by atoms with E-state index in [1.54, 1.807) is 11.0 Å². The van der Waals surface area contributed by atoms with Crippen LogP contribution in [0.4, 0.5) is 4.79 Å². The number of benzene rings is 3. The average molecular weight is 530 g/mol. The molecule has 0 aromatic heterocycles. The predicted molar refractivity (Wildman–Crippen MR) is 146 cm³/mol. The highest BCUT2D eigenvalue weighted by Crippen LogP contribution is 2.41. The Balaban J connectivity index is 1.40. The smallest absolute Gasteiger partial charge is 0.410 e. The van der Waals surface area contributed by atoms with Crippen molar-refractivity contribution >= 4 is 6.09 Å². The summed E-state index contributed by atoms with van der Waals surface area (Å²) in [6.07, 6.45) is -0.965. The van der Waals surface area contributed by atoms with Crippen LogP contribution in [0.25, 0.3) is 0 Å². The van der Waals surface area contributed by atoms with E-state index in [9.17, 15) is 4.79 Å². The van der Waals surface area contributed by atoms with Crippen LogP contribution in [0.5, 0.6) is 0 Å². The zero-order chi connectivity index (χ0) is 27.2. The van der Waals surface area contributed by atoms with Crippen LogP contribution in [0.2, 0.25) is 0 Å². The lowest BCUT2D eigenvalue weighted by Crippen LogP contribution is -2.51. The molecule has 0 bridgehead atoms. The lowest BCUT2D eigenvalue weighted by atomic mass is 10.0. The Morgan fingerprint density at radius 2 is 1.46 bits per heavy atom. The van der Waals surface area contributed by atoms with Gasteiger partial charge in [0.05, 0.1) is 12.6 Å². The SMILES string of the molecule is C=C[C@@H]([C@H]1O[C@@H]2OC(C)(C)O[C@@H]2[C@H]1OCc1ccccc1)N(Cc1ccccc1)C(=O)OCc1ccccc1. The van der Waals surface area contributed by atoms with Crippen LogP contribution in [0, 0.1) is 0 Å². The Bertz CT molecular complexity index is 1220. The number of fused-ring (bicyclic) bond motifs is 1. The van der Waals surface area contributed by atoms with E-state index >= 15 is 0 Å². The van der Waals surface area contributed by atoms with Crippen LogP contribution in [-0.4, -0.2) is 47.4 Å². The van der Waals surface area contributed by atoms with E-state index in [1.165, 1.54) is 0 Å². The van der Waals surface area contributed by atoms with Gasteiger partial charge in [0.1, 0.15) is 24.9 Å². The number of hydrogen-bond donors (Lipinski definition) is 0. The highest BCUT2D eigenvalue weighted by Gasteiger charge is 2.57. The molecule has 2 saturated heterocycles. The highest BCUT2D eigenvalue weighted by molar-refractivity contribution is 5.68. The second-order valence-corrected chi connectivity index (χ2v) is 10.2. The van der Waals surface area contributed by atoms with Crippen molar-refractivity contribution in [1.82, 2.24) is 4.90 Å². The summed E-state index contributed by atoms with van der Waals surface area (Å²) >= 11 is 0. The summed E-state index contributed by atoms with van der Waals surface area (Å²) in [7, 11) is 0. The zero-order valence-electron chi connectivity index (χ0n) is 22.3. The molecular formula is C32H35NO6. The maximum atomic E-state index is 13.6. The molecule has 2 fully saturated rings. The zero-order valence-corrected chi connectivity index (χ0v) is 22.3. The van der Waals surface area contributed by atoms with Crippen molar-refractivity contribution < 1.29 is 28.5 Å². The van der Waals surface area contributed by atoms with Crippen molar-refractivity contribution in [3.63, 3.8) is 0 Å². The Kier molecular flexibility index (Phi) is 8.43. The van der Waals surface area contributed by atoms with Gasteiger partial charge in [0.2, 0.25) is 0 Å². The fourth-order valence-corrected chi connectivity index (χ4v) is 5.05. The first-order chi connectivity index (χ1) is 18.9. The second-order valence-electron chi connectivity index (χ2n) is 10.2. The van der Waals surface area contributed by atoms with Gasteiger partial charge in [-0.3, -0.25) is 4.90 Å². The second kappa shape index (κ2) is 12.1. The molecule has 1 amide bonds. The van der Waals surface area contributed by atoms with Crippen molar-refractivity contribution in [3.05, 3.63) is 120 Å². The molecule has 39 heavy (non-hydrogen) atoms. The van der Waals surface area contributed by atoms with Gasteiger partial charge in [0.25, 0.3) is 0 Å². The van der Waals surface area contributed by atoms with Gasteiger partial charge in [-0.1, -0.05) is 97.1 Å². The summed E-state index contributed by atoms with van der Waals surface area (Å²) in [6.45, 7) is 8.60. The van der Waals surface area contributed by atoms with E-state index in [4.69, 9.17) is 23.7 Å². The van der Waals surface area contributed by atoms with Crippen molar-refractivity contribution in [2.45, 2.75) is 70.0 Å². The summed E-state index contributed by atoms with van der Waals surface area (Å²) in [5.41, 5.74) is 2.88. The summed E-state index contributed by atoms with van der Waals surface area (Å²) in [4.78, 5) is 15.3.